The van der Waals surface area contributed by atoms with Crippen molar-refractivity contribution in [2.24, 2.45) is 0 Å². The zero-order valence-electron chi connectivity index (χ0n) is 10.7. The molecule has 0 saturated heterocycles. The van der Waals surface area contributed by atoms with E-state index in [0.29, 0.717) is 0 Å². The van der Waals surface area contributed by atoms with Crippen LogP contribution in [0.15, 0.2) is 18.2 Å². The number of hydrogen-bond donors (Lipinski definition) is 1. The predicted molar refractivity (Wildman–Crippen MR) is 71.3 cm³/mol. The first-order valence-corrected chi connectivity index (χ1v) is 6.70. The lowest BCUT2D eigenvalue weighted by Gasteiger charge is -2.19. The van der Waals surface area contributed by atoms with E-state index < -0.39 is 0 Å². The Hall–Kier alpha value is -1.31. The summed E-state index contributed by atoms with van der Waals surface area (Å²) in [6.07, 6.45) is 6.31. The van der Waals surface area contributed by atoms with Gasteiger partial charge in [-0.2, -0.15) is 0 Å². The number of nitrogens with one attached hydrogen (secondary N) is 1. The van der Waals surface area contributed by atoms with Gasteiger partial charge in [0.25, 0.3) is 0 Å². The molecule has 0 bridgehead atoms. The topological polar surface area (TPSA) is 28.7 Å². The Balaban J connectivity index is 2.07. The van der Waals surface area contributed by atoms with E-state index >= 15 is 0 Å². The SMILES string of the molecule is CCc1ccc2nc(C3(C)CCCC3)[nH]c2c1. The van der Waals surface area contributed by atoms with Gasteiger partial charge < -0.3 is 4.98 Å². The first-order chi connectivity index (χ1) is 8.21. The van der Waals surface area contributed by atoms with Gasteiger partial charge in [-0.05, 0) is 37.0 Å². The van der Waals surface area contributed by atoms with Gasteiger partial charge in [0.15, 0.2) is 0 Å². The third-order valence-electron chi connectivity index (χ3n) is 4.23. The fourth-order valence-electron chi connectivity index (χ4n) is 2.95. The molecule has 3 rings (SSSR count). The quantitative estimate of drug-likeness (QED) is 0.828. The van der Waals surface area contributed by atoms with Crippen LogP contribution >= 0.6 is 0 Å². The molecule has 0 atom stereocenters. The number of imidazole rings is 1. The molecule has 1 aliphatic carbocycles. The largest absolute Gasteiger partial charge is 0.342 e. The molecule has 2 nitrogen and oxygen atoms in total. The Morgan fingerprint density at radius 3 is 2.76 bits per heavy atom. The minimum atomic E-state index is 0.283. The van der Waals surface area contributed by atoms with E-state index in [-0.39, 0.29) is 5.41 Å². The summed E-state index contributed by atoms with van der Waals surface area (Å²) < 4.78 is 0. The highest BCUT2D eigenvalue weighted by Crippen LogP contribution is 2.39. The molecule has 0 aliphatic heterocycles. The molecule has 0 amide bonds. The predicted octanol–water partition coefficient (Wildman–Crippen LogP) is 3.96. The number of H-pyrrole nitrogens is 1. The smallest absolute Gasteiger partial charge is 0.113 e. The summed E-state index contributed by atoms with van der Waals surface area (Å²) in [5.74, 6) is 1.19. The minimum Gasteiger partial charge on any atom is -0.342 e. The number of nitrogens with zero attached hydrogens (tertiary/aromatic N) is 1. The lowest BCUT2D eigenvalue weighted by Crippen LogP contribution is -2.18. The second-order valence-corrected chi connectivity index (χ2v) is 5.56. The first kappa shape index (κ1) is 10.8. The summed E-state index contributed by atoms with van der Waals surface area (Å²) in [5, 5.41) is 0. The van der Waals surface area contributed by atoms with Crippen molar-refractivity contribution in [1.29, 1.82) is 0 Å². The third kappa shape index (κ3) is 1.76. The van der Waals surface area contributed by atoms with Crippen LogP contribution in [0.25, 0.3) is 11.0 Å². The monoisotopic (exact) mass is 228 g/mol. The van der Waals surface area contributed by atoms with Crippen LogP contribution in [0.2, 0.25) is 0 Å². The second kappa shape index (κ2) is 3.86. The van der Waals surface area contributed by atoms with Crippen molar-refractivity contribution in [2.45, 2.75) is 51.4 Å². The van der Waals surface area contributed by atoms with Crippen molar-refractivity contribution in [3.63, 3.8) is 0 Å². The molecule has 0 spiro atoms. The molecule has 1 fully saturated rings. The normalized spacial score (nSPS) is 18.9. The molecule has 1 aliphatic rings. The van der Waals surface area contributed by atoms with E-state index in [1.54, 1.807) is 0 Å². The van der Waals surface area contributed by atoms with Crippen LogP contribution in [0.4, 0.5) is 0 Å². The fraction of sp³-hybridized carbons (Fsp3) is 0.533. The van der Waals surface area contributed by atoms with E-state index in [9.17, 15) is 0 Å². The Morgan fingerprint density at radius 1 is 1.29 bits per heavy atom. The van der Waals surface area contributed by atoms with Crippen LogP contribution in [0, 0.1) is 0 Å². The average Bonchev–Trinajstić information content (AvgIpc) is 2.94. The number of fused-ring (bicyclic) bond motifs is 1. The molecule has 90 valence electrons. The van der Waals surface area contributed by atoms with E-state index in [0.717, 1.165) is 11.9 Å². The van der Waals surface area contributed by atoms with Crippen LogP contribution in [0.3, 0.4) is 0 Å². The molecule has 1 aromatic carbocycles. The van der Waals surface area contributed by atoms with Gasteiger partial charge >= 0.3 is 0 Å². The second-order valence-electron chi connectivity index (χ2n) is 5.56. The van der Waals surface area contributed by atoms with E-state index in [1.807, 2.05) is 0 Å². The molecule has 1 aromatic heterocycles. The number of aromatic nitrogens is 2. The highest BCUT2D eigenvalue weighted by atomic mass is 14.9. The molecule has 2 heteroatoms. The van der Waals surface area contributed by atoms with E-state index in [4.69, 9.17) is 4.98 Å². The Morgan fingerprint density at radius 2 is 2.06 bits per heavy atom. The van der Waals surface area contributed by atoms with Gasteiger partial charge in [0.2, 0.25) is 0 Å². The molecule has 1 saturated carbocycles. The Labute approximate surface area is 102 Å². The van der Waals surface area contributed by atoms with Gasteiger partial charge in [0, 0.05) is 5.41 Å². The van der Waals surface area contributed by atoms with Crippen LogP contribution in [-0.2, 0) is 11.8 Å². The van der Waals surface area contributed by atoms with Crippen molar-refractivity contribution < 1.29 is 0 Å². The molecule has 1 N–H and O–H groups in total. The molecule has 0 unspecified atom stereocenters. The summed E-state index contributed by atoms with van der Waals surface area (Å²) >= 11 is 0. The summed E-state index contributed by atoms with van der Waals surface area (Å²) in [7, 11) is 0. The van der Waals surface area contributed by atoms with E-state index in [1.165, 1.54) is 42.6 Å². The fourth-order valence-corrected chi connectivity index (χ4v) is 2.95. The zero-order valence-corrected chi connectivity index (χ0v) is 10.7. The van der Waals surface area contributed by atoms with Crippen molar-refractivity contribution in [3.8, 4) is 0 Å². The molecular weight excluding hydrogens is 208 g/mol. The van der Waals surface area contributed by atoms with Crippen LogP contribution < -0.4 is 0 Å². The highest BCUT2D eigenvalue weighted by molar-refractivity contribution is 5.76. The number of hydrogen-bond acceptors (Lipinski definition) is 1. The maximum absolute atomic E-state index is 4.79. The van der Waals surface area contributed by atoms with Gasteiger partial charge in [-0.25, -0.2) is 4.98 Å². The van der Waals surface area contributed by atoms with Gasteiger partial charge in [-0.15, -0.1) is 0 Å². The van der Waals surface area contributed by atoms with Crippen molar-refractivity contribution in [2.75, 3.05) is 0 Å². The van der Waals surface area contributed by atoms with Gasteiger partial charge in [-0.3, -0.25) is 0 Å². The maximum Gasteiger partial charge on any atom is 0.113 e. The Kier molecular flexibility index (Phi) is 2.46. The van der Waals surface area contributed by atoms with Gasteiger partial charge in [0.05, 0.1) is 11.0 Å². The van der Waals surface area contributed by atoms with Crippen molar-refractivity contribution in [3.05, 3.63) is 29.6 Å². The molecule has 1 heterocycles. The summed E-state index contributed by atoms with van der Waals surface area (Å²) in [6, 6.07) is 6.57. The maximum atomic E-state index is 4.79. The first-order valence-electron chi connectivity index (χ1n) is 6.70. The standard InChI is InChI=1S/C15H20N2/c1-3-11-6-7-12-13(10-11)17-14(16-12)15(2)8-4-5-9-15/h6-7,10H,3-5,8-9H2,1-2H3,(H,16,17). The summed E-state index contributed by atoms with van der Waals surface area (Å²) in [5.41, 5.74) is 3.98. The molecular formula is C15H20N2. The number of aromatic amines is 1. The zero-order chi connectivity index (χ0) is 11.9. The highest BCUT2D eigenvalue weighted by Gasteiger charge is 2.33. The number of rotatable bonds is 2. The molecule has 2 aromatic rings. The third-order valence-corrected chi connectivity index (χ3v) is 4.23. The van der Waals surface area contributed by atoms with Crippen LogP contribution in [-0.4, -0.2) is 9.97 Å². The Bertz CT molecular complexity index is 533. The van der Waals surface area contributed by atoms with E-state index in [2.05, 4.69) is 37.0 Å². The summed E-state index contributed by atoms with van der Waals surface area (Å²) in [4.78, 5) is 8.33. The molecule has 0 radical (unpaired) electrons. The van der Waals surface area contributed by atoms with Gasteiger partial charge in [-0.1, -0.05) is 32.8 Å². The van der Waals surface area contributed by atoms with Gasteiger partial charge in [0.1, 0.15) is 5.82 Å². The number of benzene rings is 1. The lowest BCUT2D eigenvalue weighted by molar-refractivity contribution is 0.465. The lowest BCUT2D eigenvalue weighted by atomic mass is 9.88. The average molecular weight is 228 g/mol. The van der Waals surface area contributed by atoms with Crippen molar-refractivity contribution >= 4 is 11.0 Å². The van der Waals surface area contributed by atoms with Crippen LogP contribution in [0.5, 0.6) is 0 Å². The van der Waals surface area contributed by atoms with Crippen molar-refractivity contribution in [1.82, 2.24) is 9.97 Å². The summed E-state index contributed by atoms with van der Waals surface area (Å²) in [6.45, 7) is 4.54. The molecule has 17 heavy (non-hydrogen) atoms. The van der Waals surface area contributed by atoms with Crippen LogP contribution in [0.1, 0.15) is 50.9 Å². The minimum absolute atomic E-state index is 0.283. The number of aryl methyl sites for hydroxylation is 1.